The smallest absolute Gasteiger partial charge is 0.245 e. The fraction of sp³-hybridized carbons (Fsp3) is 0.579. The van der Waals surface area contributed by atoms with Crippen molar-refractivity contribution in [2.75, 3.05) is 13.1 Å². The number of likely N-dealkylation sites (tertiary alicyclic amines) is 2. The maximum absolute atomic E-state index is 13.1. The monoisotopic (exact) mass is 348 g/mol. The van der Waals surface area contributed by atoms with Crippen LogP contribution in [0.25, 0.3) is 0 Å². The molecule has 2 saturated heterocycles. The Morgan fingerprint density at radius 2 is 2.00 bits per heavy atom. The molecule has 1 aromatic rings. The highest BCUT2D eigenvalue weighted by molar-refractivity contribution is 5.88. The molecule has 6 heteroatoms. The second kappa shape index (κ2) is 6.75. The molecule has 5 nitrogen and oxygen atoms in total. The van der Waals surface area contributed by atoms with E-state index in [1.165, 1.54) is 24.0 Å². The predicted octanol–water partition coefficient (Wildman–Crippen LogP) is 1.73. The number of carbonyl (C=O) groups is 2. The van der Waals surface area contributed by atoms with Crippen molar-refractivity contribution in [1.29, 1.82) is 0 Å². The van der Waals surface area contributed by atoms with Crippen LogP contribution in [0.5, 0.6) is 0 Å². The van der Waals surface area contributed by atoms with Gasteiger partial charge in [-0.05, 0) is 43.9 Å². The summed E-state index contributed by atoms with van der Waals surface area (Å²) in [6, 6.07) is 5.79. The summed E-state index contributed by atoms with van der Waals surface area (Å²) in [7, 11) is 0. The predicted molar refractivity (Wildman–Crippen MR) is 91.3 cm³/mol. The zero-order chi connectivity index (χ0) is 18.2. The van der Waals surface area contributed by atoms with Gasteiger partial charge in [0.05, 0.1) is 6.10 Å². The number of rotatable bonds is 3. The Bertz CT molecular complexity index is 663. The number of nitrogens with zero attached hydrogens (tertiary/aromatic N) is 2. The van der Waals surface area contributed by atoms with Crippen molar-refractivity contribution >= 4 is 11.8 Å². The third-order valence-corrected chi connectivity index (χ3v) is 5.48. The van der Waals surface area contributed by atoms with E-state index in [9.17, 15) is 19.1 Å². The average Bonchev–Trinajstić information content (AvgIpc) is 3.12. The van der Waals surface area contributed by atoms with E-state index in [1.54, 1.807) is 12.1 Å². The van der Waals surface area contributed by atoms with Gasteiger partial charge >= 0.3 is 0 Å². The molecular weight excluding hydrogens is 323 g/mol. The van der Waals surface area contributed by atoms with Crippen LogP contribution >= 0.6 is 0 Å². The quantitative estimate of drug-likeness (QED) is 0.905. The standard InChI is InChI=1S/C19H25FN2O3/c1-13(23)21-12-16(24)10-17(21)18(25)22-9-3-8-19(22,2)11-14-4-6-15(20)7-5-14/h4-7,16-17,24H,3,8-12H2,1-2H3/t16-,17+,19?/m0/s1. The lowest BCUT2D eigenvalue weighted by Crippen LogP contribution is -2.54. The van der Waals surface area contributed by atoms with Gasteiger partial charge in [-0.3, -0.25) is 9.59 Å². The summed E-state index contributed by atoms with van der Waals surface area (Å²) in [5.74, 6) is -0.548. The van der Waals surface area contributed by atoms with Gasteiger partial charge in [0.2, 0.25) is 11.8 Å². The number of aliphatic hydroxyl groups excluding tert-OH is 1. The zero-order valence-electron chi connectivity index (χ0n) is 14.7. The van der Waals surface area contributed by atoms with Crippen LogP contribution in [0.2, 0.25) is 0 Å². The van der Waals surface area contributed by atoms with Gasteiger partial charge in [-0.1, -0.05) is 12.1 Å². The Hall–Kier alpha value is -1.95. The van der Waals surface area contributed by atoms with Crippen LogP contribution in [0.1, 0.15) is 38.7 Å². The van der Waals surface area contributed by atoms with Crippen molar-refractivity contribution in [3.8, 4) is 0 Å². The SMILES string of the molecule is CC(=O)N1C[C@@H](O)C[C@@H]1C(=O)N1CCCC1(C)Cc1ccc(F)cc1. The third kappa shape index (κ3) is 3.54. The summed E-state index contributed by atoms with van der Waals surface area (Å²) in [5.41, 5.74) is 0.628. The highest BCUT2D eigenvalue weighted by Gasteiger charge is 2.46. The zero-order valence-corrected chi connectivity index (χ0v) is 14.7. The molecular formula is C19H25FN2O3. The van der Waals surface area contributed by atoms with E-state index in [0.29, 0.717) is 19.4 Å². The molecule has 2 aliphatic rings. The van der Waals surface area contributed by atoms with Crippen molar-refractivity contribution in [3.05, 3.63) is 35.6 Å². The minimum atomic E-state index is -0.649. The molecule has 2 heterocycles. The Morgan fingerprint density at radius 1 is 1.32 bits per heavy atom. The molecule has 0 bridgehead atoms. The van der Waals surface area contributed by atoms with E-state index in [4.69, 9.17) is 0 Å². The first-order chi connectivity index (χ1) is 11.8. The second-order valence-electron chi connectivity index (χ2n) is 7.47. The van der Waals surface area contributed by atoms with Crippen LogP contribution in [0.4, 0.5) is 4.39 Å². The molecule has 2 amide bonds. The normalized spacial score (nSPS) is 29.3. The lowest BCUT2D eigenvalue weighted by molar-refractivity contribution is -0.145. The molecule has 0 radical (unpaired) electrons. The summed E-state index contributed by atoms with van der Waals surface area (Å²) < 4.78 is 13.1. The lowest BCUT2D eigenvalue weighted by Gasteiger charge is -2.38. The summed E-state index contributed by atoms with van der Waals surface area (Å²) >= 11 is 0. The summed E-state index contributed by atoms with van der Waals surface area (Å²) in [6.45, 7) is 4.34. The molecule has 136 valence electrons. The van der Waals surface area contributed by atoms with Gasteiger partial charge in [0, 0.05) is 32.0 Å². The van der Waals surface area contributed by atoms with E-state index < -0.39 is 12.1 Å². The number of amides is 2. The largest absolute Gasteiger partial charge is 0.391 e. The van der Waals surface area contributed by atoms with Gasteiger partial charge in [0.1, 0.15) is 11.9 Å². The Labute approximate surface area is 147 Å². The Balaban J connectivity index is 1.79. The van der Waals surface area contributed by atoms with Crippen molar-refractivity contribution in [2.24, 2.45) is 0 Å². The molecule has 3 rings (SSSR count). The van der Waals surface area contributed by atoms with E-state index >= 15 is 0 Å². The van der Waals surface area contributed by atoms with Crippen molar-refractivity contribution in [3.63, 3.8) is 0 Å². The van der Waals surface area contributed by atoms with Crippen LogP contribution in [-0.4, -0.2) is 57.5 Å². The number of hydrogen-bond donors (Lipinski definition) is 1. The summed E-state index contributed by atoms with van der Waals surface area (Å²) in [6.07, 6.45) is 2.06. The number of β-amino-alcohol motifs (C(OH)–C–C–N with tert-alkyl or cyclic N) is 1. The molecule has 25 heavy (non-hydrogen) atoms. The number of hydrogen-bond acceptors (Lipinski definition) is 3. The van der Waals surface area contributed by atoms with E-state index in [1.807, 2.05) is 11.8 Å². The second-order valence-corrected chi connectivity index (χ2v) is 7.47. The highest BCUT2D eigenvalue weighted by Crippen LogP contribution is 2.34. The minimum absolute atomic E-state index is 0.0890. The van der Waals surface area contributed by atoms with Gasteiger partial charge in [-0.2, -0.15) is 0 Å². The van der Waals surface area contributed by atoms with Crippen LogP contribution in [0, 0.1) is 5.82 Å². The first-order valence-corrected chi connectivity index (χ1v) is 8.81. The maximum Gasteiger partial charge on any atom is 0.245 e. The first-order valence-electron chi connectivity index (χ1n) is 8.81. The Morgan fingerprint density at radius 3 is 2.64 bits per heavy atom. The number of halogens is 1. The molecule has 2 fully saturated rings. The van der Waals surface area contributed by atoms with Crippen LogP contribution in [0.15, 0.2) is 24.3 Å². The Kier molecular flexibility index (Phi) is 4.82. The van der Waals surface area contributed by atoms with E-state index in [0.717, 1.165) is 18.4 Å². The molecule has 0 saturated carbocycles. The van der Waals surface area contributed by atoms with Gasteiger partial charge in [0.15, 0.2) is 0 Å². The lowest BCUT2D eigenvalue weighted by atomic mass is 9.89. The average molecular weight is 348 g/mol. The highest BCUT2D eigenvalue weighted by atomic mass is 19.1. The van der Waals surface area contributed by atoms with Crippen LogP contribution < -0.4 is 0 Å². The molecule has 0 aromatic heterocycles. The van der Waals surface area contributed by atoms with Gasteiger partial charge in [-0.25, -0.2) is 4.39 Å². The third-order valence-electron chi connectivity index (χ3n) is 5.48. The maximum atomic E-state index is 13.1. The van der Waals surface area contributed by atoms with E-state index in [2.05, 4.69) is 0 Å². The number of aliphatic hydroxyl groups is 1. The molecule has 2 aliphatic heterocycles. The first kappa shape index (κ1) is 17.9. The minimum Gasteiger partial charge on any atom is -0.391 e. The summed E-state index contributed by atoms with van der Waals surface area (Å²) in [5, 5.41) is 9.90. The topological polar surface area (TPSA) is 60.9 Å². The molecule has 3 atom stereocenters. The number of benzene rings is 1. The van der Waals surface area contributed by atoms with Crippen LogP contribution in [0.3, 0.4) is 0 Å². The summed E-state index contributed by atoms with van der Waals surface area (Å²) in [4.78, 5) is 28.3. The molecule has 0 aliphatic carbocycles. The van der Waals surface area contributed by atoms with Crippen molar-refractivity contribution in [1.82, 2.24) is 9.80 Å². The van der Waals surface area contributed by atoms with Crippen molar-refractivity contribution in [2.45, 2.75) is 57.2 Å². The van der Waals surface area contributed by atoms with Gasteiger partial charge in [0.25, 0.3) is 0 Å². The van der Waals surface area contributed by atoms with Gasteiger partial charge < -0.3 is 14.9 Å². The fourth-order valence-electron chi connectivity index (χ4n) is 4.20. The van der Waals surface area contributed by atoms with Gasteiger partial charge in [-0.15, -0.1) is 0 Å². The molecule has 1 N–H and O–H groups in total. The van der Waals surface area contributed by atoms with Crippen LogP contribution in [-0.2, 0) is 16.0 Å². The molecule has 1 aromatic carbocycles. The van der Waals surface area contributed by atoms with Crippen molar-refractivity contribution < 1.29 is 19.1 Å². The molecule has 1 unspecified atom stereocenters. The number of carbonyl (C=O) groups excluding carboxylic acids is 2. The van der Waals surface area contributed by atoms with E-state index in [-0.39, 0.29) is 29.7 Å². The molecule has 0 spiro atoms. The fourth-order valence-corrected chi connectivity index (χ4v) is 4.20.